The first-order valence-corrected chi connectivity index (χ1v) is 7.92. The fourth-order valence-electron chi connectivity index (χ4n) is 2.89. The molecule has 0 amide bonds. The highest BCUT2D eigenvalue weighted by Gasteiger charge is 2.21. The fraction of sp³-hybridized carbons (Fsp3) is 0.647. The van der Waals surface area contributed by atoms with E-state index in [9.17, 15) is 0 Å². The molecule has 0 radical (unpaired) electrons. The van der Waals surface area contributed by atoms with E-state index in [2.05, 4.69) is 35.3 Å². The van der Waals surface area contributed by atoms with Gasteiger partial charge in [-0.15, -0.1) is 0 Å². The van der Waals surface area contributed by atoms with Gasteiger partial charge in [-0.05, 0) is 44.1 Å². The maximum Gasteiger partial charge on any atom is 0.119 e. The van der Waals surface area contributed by atoms with E-state index >= 15 is 0 Å². The number of hydrogen-bond acceptors (Lipinski definition) is 4. The lowest BCUT2D eigenvalue weighted by Crippen LogP contribution is -2.38. The molecule has 0 aliphatic carbocycles. The van der Waals surface area contributed by atoms with Crippen molar-refractivity contribution in [3.05, 3.63) is 29.8 Å². The quantitative estimate of drug-likeness (QED) is 0.798. The van der Waals surface area contributed by atoms with E-state index in [0.29, 0.717) is 12.1 Å². The van der Waals surface area contributed by atoms with Gasteiger partial charge in [0.15, 0.2) is 0 Å². The normalized spacial score (nSPS) is 19.9. The predicted octanol–water partition coefficient (Wildman–Crippen LogP) is 2.46. The predicted molar refractivity (Wildman–Crippen MR) is 85.9 cm³/mol. The molecule has 118 valence electrons. The van der Waals surface area contributed by atoms with Crippen LogP contribution in [0.25, 0.3) is 0 Å². The maximum atomic E-state index is 5.76. The molecule has 2 atom stereocenters. The van der Waals surface area contributed by atoms with Crippen LogP contribution in [0, 0.1) is 0 Å². The van der Waals surface area contributed by atoms with Crippen molar-refractivity contribution < 1.29 is 9.47 Å². The van der Waals surface area contributed by atoms with Gasteiger partial charge in [0.05, 0.1) is 13.2 Å². The third kappa shape index (κ3) is 4.70. The van der Waals surface area contributed by atoms with Crippen molar-refractivity contribution >= 4 is 0 Å². The van der Waals surface area contributed by atoms with Crippen molar-refractivity contribution in [1.29, 1.82) is 0 Å². The lowest BCUT2D eigenvalue weighted by molar-refractivity contribution is 0.0718. The fourth-order valence-corrected chi connectivity index (χ4v) is 2.89. The number of nitrogens with one attached hydrogen (secondary N) is 1. The van der Waals surface area contributed by atoms with Crippen LogP contribution >= 0.6 is 0 Å². The molecule has 1 heterocycles. The summed E-state index contributed by atoms with van der Waals surface area (Å²) in [5.41, 5.74) is 1.27. The highest BCUT2D eigenvalue weighted by Crippen LogP contribution is 2.21. The second kappa shape index (κ2) is 8.37. The molecule has 2 rings (SSSR count). The van der Waals surface area contributed by atoms with Crippen LogP contribution in [-0.2, 0) is 4.74 Å². The molecule has 1 fully saturated rings. The lowest BCUT2D eigenvalue weighted by atomic mass is 10.1. The minimum atomic E-state index is 0.307. The Bertz CT molecular complexity index is 419. The molecule has 4 heteroatoms. The molecule has 4 nitrogen and oxygen atoms in total. The number of nitrogens with zero attached hydrogens (tertiary/aromatic N) is 1. The summed E-state index contributed by atoms with van der Waals surface area (Å²) in [5, 5.41) is 3.42. The number of hydrogen-bond donors (Lipinski definition) is 1. The Hall–Kier alpha value is -1.10. The van der Waals surface area contributed by atoms with Crippen LogP contribution in [-0.4, -0.2) is 51.4 Å². The molecule has 1 saturated heterocycles. The highest BCUT2D eigenvalue weighted by atomic mass is 16.5. The minimum absolute atomic E-state index is 0.307. The smallest absolute Gasteiger partial charge is 0.119 e. The Morgan fingerprint density at radius 2 is 2.33 bits per heavy atom. The monoisotopic (exact) mass is 292 g/mol. The van der Waals surface area contributed by atoms with Gasteiger partial charge < -0.3 is 14.8 Å². The first kappa shape index (κ1) is 16.3. The number of ether oxygens (including phenoxy) is 2. The van der Waals surface area contributed by atoms with E-state index in [1.807, 2.05) is 13.1 Å². The van der Waals surface area contributed by atoms with E-state index in [4.69, 9.17) is 9.47 Å². The van der Waals surface area contributed by atoms with Gasteiger partial charge in [-0.3, -0.25) is 4.90 Å². The summed E-state index contributed by atoms with van der Waals surface area (Å²) in [6.45, 7) is 6.20. The van der Waals surface area contributed by atoms with Crippen LogP contribution in [0.3, 0.4) is 0 Å². The second-order valence-electron chi connectivity index (χ2n) is 5.61. The summed E-state index contributed by atoms with van der Waals surface area (Å²) < 4.78 is 11.1. The van der Waals surface area contributed by atoms with Crippen molar-refractivity contribution in [2.24, 2.45) is 0 Å². The zero-order valence-corrected chi connectivity index (χ0v) is 13.5. The Labute approximate surface area is 128 Å². The molecule has 1 N–H and O–H groups in total. The lowest BCUT2D eigenvalue weighted by Gasteiger charge is -2.28. The molecule has 0 saturated carbocycles. The Morgan fingerprint density at radius 3 is 2.95 bits per heavy atom. The number of rotatable bonds is 8. The van der Waals surface area contributed by atoms with E-state index in [1.54, 1.807) is 7.11 Å². The summed E-state index contributed by atoms with van der Waals surface area (Å²) in [6, 6.07) is 8.61. The van der Waals surface area contributed by atoms with Crippen LogP contribution in [0.15, 0.2) is 24.3 Å². The van der Waals surface area contributed by atoms with Gasteiger partial charge in [-0.2, -0.15) is 0 Å². The standard InChI is InChI=1S/C17H28N2O2/c1-4-19(12-16-9-6-10-21-16)13-17(18-2)14-7-5-8-15(11-14)20-3/h5,7-8,11,16-18H,4,6,9-10,12-13H2,1-3H3. The van der Waals surface area contributed by atoms with E-state index in [0.717, 1.165) is 32.0 Å². The van der Waals surface area contributed by atoms with Gasteiger partial charge in [0, 0.05) is 25.7 Å². The third-order valence-electron chi connectivity index (χ3n) is 4.22. The van der Waals surface area contributed by atoms with Crippen LogP contribution in [0.2, 0.25) is 0 Å². The number of benzene rings is 1. The number of methoxy groups -OCH3 is 1. The summed E-state index contributed by atoms with van der Waals surface area (Å²) in [4.78, 5) is 2.47. The van der Waals surface area contributed by atoms with E-state index in [1.165, 1.54) is 18.4 Å². The molecule has 0 bridgehead atoms. The summed E-state index contributed by atoms with van der Waals surface area (Å²) in [7, 11) is 3.73. The zero-order valence-electron chi connectivity index (χ0n) is 13.5. The van der Waals surface area contributed by atoms with E-state index < -0.39 is 0 Å². The third-order valence-corrected chi connectivity index (χ3v) is 4.22. The topological polar surface area (TPSA) is 33.7 Å². The molecule has 1 aliphatic rings. The first-order chi connectivity index (χ1) is 10.3. The molecule has 1 aliphatic heterocycles. The zero-order chi connectivity index (χ0) is 15.1. The van der Waals surface area contributed by atoms with Crippen LogP contribution in [0.4, 0.5) is 0 Å². The van der Waals surface area contributed by atoms with Crippen molar-refractivity contribution in [3.63, 3.8) is 0 Å². The van der Waals surface area contributed by atoms with Gasteiger partial charge in [0.25, 0.3) is 0 Å². The SMILES string of the molecule is CCN(CC1CCCO1)CC(NC)c1cccc(OC)c1. The molecule has 21 heavy (non-hydrogen) atoms. The maximum absolute atomic E-state index is 5.76. The summed E-state index contributed by atoms with van der Waals surface area (Å²) >= 11 is 0. The number of likely N-dealkylation sites (N-methyl/N-ethyl adjacent to an activating group) is 2. The Morgan fingerprint density at radius 1 is 1.48 bits per heavy atom. The van der Waals surface area contributed by atoms with Gasteiger partial charge in [-0.25, -0.2) is 0 Å². The van der Waals surface area contributed by atoms with E-state index in [-0.39, 0.29) is 0 Å². The average Bonchev–Trinajstić information content (AvgIpc) is 3.04. The molecule has 0 aromatic heterocycles. The van der Waals surface area contributed by atoms with Gasteiger partial charge in [0.1, 0.15) is 5.75 Å². The molecule has 1 aromatic rings. The summed E-state index contributed by atoms with van der Waals surface area (Å²) in [5.74, 6) is 0.912. The van der Waals surface area contributed by atoms with Gasteiger partial charge >= 0.3 is 0 Å². The molecular weight excluding hydrogens is 264 g/mol. The van der Waals surface area contributed by atoms with Gasteiger partial charge in [0.2, 0.25) is 0 Å². The summed E-state index contributed by atoms with van der Waals surface area (Å²) in [6.07, 6.45) is 2.81. The van der Waals surface area contributed by atoms with Crippen molar-refractivity contribution in [2.75, 3.05) is 40.4 Å². The molecule has 1 aromatic carbocycles. The first-order valence-electron chi connectivity index (χ1n) is 7.92. The molecular formula is C17H28N2O2. The second-order valence-corrected chi connectivity index (χ2v) is 5.61. The van der Waals surface area contributed by atoms with Crippen molar-refractivity contribution in [2.45, 2.75) is 31.9 Å². The van der Waals surface area contributed by atoms with Crippen molar-refractivity contribution in [3.8, 4) is 5.75 Å². The minimum Gasteiger partial charge on any atom is -0.497 e. The Balaban J connectivity index is 1.98. The average molecular weight is 292 g/mol. The van der Waals surface area contributed by atoms with Crippen LogP contribution in [0.1, 0.15) is 31.4 Å². The van der Waals surface area contributed by atoms with Gasteiger partial charge in [-0.1, -0.05) is 19.1 Å². The highest BCUT2D eigenvalue weighted by molar-refractivity contribution is 5.30. The molecule has 2 unspecified atom stereocenters. The van der Waals surface area contributed by atoms with Crippen molar-refractivity contribution in [1.82, 2.24) is 10.2 Å². The largest absolute Gasteiger partial charge is 0.497 e. The Kier molecular flexibility index (Phi) is 6.49. The molecule has 0 spiro atoms. The van der Waals surface area contributed by atoms with Crippen LogP contribution in [0.5, 0.6) is 5.75 Å². The van der Waals surface area contributed by atoms with Crippen LogP contribution < -0.4 is 10.1 Å².